The molecule has 1 aliphatic carbocycles. The molecule has 7 nitrogen and oxygen atoms in total. The minimum absolute atomic E-state index is 0.0780. The van der Waals surface area contributed by atoms with E-state index in [0.29, 0.717) is 11.5 Å². The summed E-state index contributed by atoms with van der Waals surface area (Å²) >= 11 is 1.47. The summed E-state index contributed by atoms with van der Waals surface area (Å²) in [6, 6.07) is 22.9. The summed E-state index contributed by atoms with van der Waals surface area (Å²) in [4.78, 5) is 27.8. The summed E-state index contributed by atoms with van der Waals surface area (Å²) in [6.45, 7) is 0.147. The van der Waals surface area contributed by atoms with E-state index in [0.717, 1.165) is 39.8 Å². The van der Waals surface area contributed by atoms with Crippen LogP contribution in [0.4, 0.5) is 4.79 Å². The fraction of sp³-hybridized carbons (Fsp3) is 0.222. The topological polar surface area (TPSA) is 101 Å². The van der Waals surface area contributed by atoms with E-state index in [4.69, 9.17) is 15.0 Å². The number of carbonyl (C=O) groups is 2. The van der Waals surface area contributed by atoms with Gasteiger partial charge in [-0.2, -0.15) is 16.6 Å². The Kier molecular flexibility index (Phi) is 7.98. The molecule has 8 heteroatoms. The zero-order valence-corrected chi connectivity index (χ0v) is 20.0. The smallest absolute Gasteiger partial charge is 0.407 e. The number of ether oxygens (including phenoxy) is 2. The number of benzene rings is 3. The van der Waals surface area contributed by atoms with Gasteiger partial charge in [0.2, 0.25) is 0 Å². The molecule has 0 saturated heterocycles. The van der Waals surface area contributed by atoms with Crippen molar-refractivity contribution >= 4 is 29.9 Å². The normalized spacial score (nSPS) is 12.6. The average molecular weight is 488 g/mol. The lowest BCUT2D eigenvalue weighted by atomic mass is 9.98. The van der Waals surface area contributed by atoms with Gasteiger partial charge in [0.05, 0.1) is 7.11 Å². The van der Waals surface area contributed by atoms with Crippen molar-refractivity contribution in [1.29, 1.82) is 0 Å². The van der Waals surface area contributed by atoms with Crippen molar-refractivity contribution in [2.75, 3.05) is 19.5 Å². The van der Waals surface area contributed by atoms with E-state index >= 15 is 0 Å². The monoisotopic (exact) mass is 487 g/mol. The number of amides is 1. The molecule has 35 heavy (non-hydrogen) atoms. The maximum atomic E-state index is 12.6. The molecule has 0 fully saturated rings. The highest BCUT2D eigenvalue weighted by atomic mass is 32.2. The number of carbonyl (C=O) groups excluding carboxylic acids is 2. The predicted octanol–water partition coefficient (Wildman–Crippen LogP) is 4.71. The Morgan fingerprint density at radius 1 is 1.03 bits per heavy atom. The van der Waals surface area contributed by atoms with E-state index in [-0.39, 0.29) is 12.5 Å². The molecule has 0 unspecified atom stereocenters. The van der Waals surface area contributed by atoms with Crippen LogP contribution < -0.4 is 10.1 Å². The van der Waals surface area contributed by atoms with Gasteiger partial charge in [-0.1, -0.05) is 60.7 Å². The molecule has 0 bridgehead atoms. The average Bonchev–Trinajstić information content (AvgIpc) is 3.21. The number of fused-ring (bicyclic) bond motifs is 3. The Hall–Kier alpha value is -3.87. The molecule has 3 aromatic carbocycles. The second-order valence-corrected chi connectivity index (χ2v) is 9.06. The minimum Gasteiger partial charge on any atom is -0.497 e. The molecule has 1 N–H and O–H groups in total. The first-order valence-electron chi connectivity index (χ1n) is 11.1. The van der Waals surface area contributed by atoms with Gasteiger partial charge in [-0.3, -0.25) is 4.79 Å². The van der Waals surface area contributed by atoms with Crippen molar-refractivity contribution in [2.45, 2.75) is 17.7 Å². The van der Waals surface area contributed by atoms with Gasteiger partial charge in [0.15, 0.2) is 0 Å². The highest BCUT2D eigenvalue weighted by Crippen LogP contribution is 2.44. The highest BCUT2D eigenvalue weighted by molar-refractivity contribution is 7.98. The summed E-state index contributed by atoms with van der Waals surface area (Å²) in [5.74, 6) is 1.11. The zero-order chi connectivity index (χ0) is 24.6. The van der Waals surface area contributed by atoms with Gasteiger partial charge >= 0.3 is 12.3 Å². The molecule has 1 amide bonds. The SMILES string of the molecule is COc1ccc(CSC[C@H](NC(=O)OCC2c3ccccc3-c3ccccc32)C(=O)C=[N+]=[N-])cc1. The van der Waals surface area contributed by atoms with E-state index in [1.165, 1.54) is 11.8 Å². The van der Waals surface area contributed by atoms with Crippen molar-refractivity contribution < 1.29 is 23.9 Å². The van der Waals surface area contributed by atoms with Crippen LogP contribution in [0.3, 0.4) is 0 Å². The Balaban J connectivity index is 1.36. The minimum atomic E-state index is -0.884. The molecule has 0 aromatic heterocycles. The number of hydrogen-bond donors (Lipinski definition) is 1. The third-order valence-corrected chi connectivity index (χ3v) is 6.98. The number of nitrogens with zero attached hydrogens (tertiary/aromatic N) is 2. The molecule has 0 spiro atoms. The van der Waals surface area contributed by atoms with Crippen molar-refractivity contribution in [3.8, 4) is 16.9 Å². The summed E-state index contributed by atoms with van der Waals surface area (Å²) in [5, 5.41) is 2.62. The van der Waals surface area contributed by atoms with E-state index in [1.54, 1.807) is 7.11 Å². The van der Waals surface area contributed by atoms with Crippen LogP contribution in [0.1, 0.15) is 22.6 Å². The van der Waals surface area contributed by atoms with Crippen molar-refractivity contribution in [3.63, 3.8) is 0 Å². The van der Waals surface area contributed by atoms with Gasteiger partial charge in [-0.25, -0.2) is 4.79 Å². The largest absolute Gasteiger partial charge is 0.497 e. The summed E-state index contributed by atoms with van der Waals surface area (Å²) in [5.41, 5.74) is 14.3. The zero-order valence-electron chi connectivity index (χ0n) is 19.2. The van der Waals surface area contributed by atoms with Gasteiger partial charge in [0.25, 0.3) is 5.78 Å². The second-order valence-electron chi connectivity index (χ2n) is 8.03. The first-order valence-corrected chi connectivity index (χ1v) is 12.3. The molecule has 0 radical (unpaired) electrons. The first kappa shape index (κ1) is 24.3. The maximum absolute atomic E-state index is 12.6. The fourth-order valence-electron chi connectivity index (χ4n) is 4.14. The molecule has 4 rings (SSSR count). The molecule has 178 valence electrons. The molecule has 1 atom stereocenters. The van der Waals surface area contributed by atoms with Gasteiger partial charge in [0, 0.05) is 17.4 Å². The third-order valence-electron chi connectivity index (χ3n) is 5.88. The highest BCUT2D eigenvalue weighted by Gasteiger charge is 2.30. The fourth-order valence-corrected chi connectivity index (χ4v) is 5.17. The number of methoxy groups -OCH3 is 1. The molecule has 1 aliphatic rings. The number of thioether (sulfide) groups is 1. The molecule has 0 saturated carbocycles. The van der Waals surface area contributed by atoms with E-state index < -0.39 is 17.9 Å². The second kappa shape index (κ2) is 11.5. The molecule has 3 aromatic rings. The van der Waals surface area contributed by atoms with E-state index in [2.05, 4.69) is 22.2 Å². The number of rotatable bonds is 10. The summed E-state index contributed by atoms with van der Waals surface area (Å²) in [7, 11) is 1.61. The van der Waals surface area contributed by atoms with E-state index in [1.807, 2.05) is 60.7 Å². The maximum Gasteiger partial charge on any atom is 0.407 e. The number of nitrogens with one attached hydrogen (secondary N) is 1. The Morgan fingerprint density at radius 3 is 2.26 bits per heavy atom. The Labute approximate surface area is 208 Å². The van der Waals surface area contributed by atoms with Crippen LogP contribution in [0, 0.1) is 0 Å². The molecule has 0 heterocycles. The van der Waals surface area contributed by atoms with Crippen molar-refractivity contribution in [2.24, 2.45) is 0 Å². The van der Waals surface area contributed by atoms with Crippen LogP contribution in [0.15, 0.2) is 72.8 Å². The number of alkyl carbamates (subject to hydrolysis) is 1. The number of hydrogen-bond acceptors (Lipinski definition) is 5. The lowest BCUT2D eigenvalue weighted by Gasteiger charge is -2.17. The lowest BCUT2D eigenvalue weighted by Crippen LogP contribution is -2.44. The summed E-state index contributed by atoms with van der Waals surface area (Å²) in [6.07, 6.45) is 0.101. The van der Waals surface area contributed by atoms with E-state index in [9.17, 15) is 9.59 Å². The third kappa shape index (κ3) is 5.80. The summed E-state index contributed by atoms with van der Waals surface area (Å²) < 4.78 is 10.7. The van der Waals surface area contributed by atoms with Crippen molar-refractivity contribution in [1.82, 2.24) is 5.32 Å². The van der Waals surface area contributed by atoms with Gasteiger partial charge in [-0.05, 0) is 39.9 Å². The predicted molar refractivity (Wildman–Crippen MR) is 136 cm³/mol. The Morgan fingerprint density at radius 2 is 1.66 bits per heavy atom. The standard InChI is InChI=1S/C27H25N3O4S/c1-33-19-12-10-18(11-13-19)16-35-17-25(26(31)14-29-28)30-27(32)34-15-24-22-8-4-2-6-20(22)21-7-3-5-9-23(21)24/h2-14,24-25H,15-17H2,1H3,(H,30,32)/t25-/m0/s1. The van der Waals surface area contributed by atoms with Crippen LogP contribution in [0.25, 0.3) is 16.7 Å². The number of ketones is 1. The molecular weight excluding hydrogens is 462 g/mol. The molecule has 0 aliphatic heterocycles. The van der Waals surface area contributed by atoms with Crippen LogP contribution in [0.5, 0.6) is 5.75 Å². The quantitative estimate of drug-likeness (QED) is 0.254. The van der Waals surface area contributed by atoms with Crippen LogP contribution in [-0.2, 0) is 15.3 Å². The lowest BCUT2D eigenvalue weighted by molar-refractivity contribution is -0.117. The van der Waals surface area contributed by atoms with Gasteiger partial charge < -0.3 is 20.3 Å². The first-order chi connectivity index (χ1) is 17.1. The van der Waals surface area contributed by atoms with Crippen molar-refractivity contribution in [3.05, 3.63) is 95.0 Å². The van der Waals surface area contributed by atoms with Crippen LogP contribution in [-0.4, -0.2) is 48.4 Å². The Bertz CT molecular complexity index is 1210. The van der Waals surface area contributed by atoms with Crippen LogP contribution in [0.2, 0.25) is 0 Å². The molecular formula is C27H25N3O4S. The van der Waals surface area contributed by atoms with Gasteiger partial charge in [-0.15, -0.1) is 0 Å². The van der Waals surface area contributed by atoms with Crippen LogP contribution >= 0.6 is 11.8 Å². The van der Waals surface area contributed by atoms with Gasteiger partial charge in [0.1, 0.15) is 18.4 Å². The number of Topliss-reactive ketones (excluding diaryl/α,β-unsaturated/α-hetero) is 1.